The molecule has 0 aliphatic carbocycles. The predicted octanol–water partition coefficient (Wildman–Crippen LogP) is 4.59. The predicted molar refractivity (Wildman–Crippen MR) is 123 cm³/mol. The van der Waals surface area contributed by atoms with Gasteiger partial charge in [-0.15, -0.1) is 0 Å². The van der Waals surface area contributed by atoms with Crippen LogP contribution in [0.3, 0.4) is 0 Å². The van der Waals surface area contributed by atoms with Crippen molar-refractivity contribution in [2.75, 3.05) is 32.1 Å². The Hall–Kier alpha value is -1.31. The van der Waals surface area contributed by atoms with Gasteiger partial charge in [0.1, 0.15) is 18.2 Å². The zero-order valence-corrected chi connectivity index (χ0v) is 20.8. The zero-order chi connectivity index (χ0) is 22.6. The normalized spacial score (nSPS) is 9.48. The van der Waals surface area contributed by atoms with Gasteiger partial charge in [-0.05, 0) is 97.9 Å². The van der Waals surface area contributed by atoms with Crippen LogP contribution in [0.4, 0.5) is 14.5 Å². The van der Waals surface area contributed by atoms with Gasteiger partial charge >= 0.3 is 11.9 Å². The third-order valence-electron chi connectivity index (χ3n) is 2.93. The van der Waals surface area contributed by atoms with Crippen LogP contribution in [0.15, 0.2) is 45.3 Å². The van der Waals surface area contributed by atoms with Crippen LogP contribution in [-0.4, -0.2) is 49.3 Å². The molecule has 0 fully saturated rings. The second-order valence-corrected chi connectivity index (χ2v) is 8.29. The molecular weight excluding hydrogens is 633 g/mol. The van der Waals surface area contributed by atoms with Crippen molar-refractivity contribution in [1.29, 1.82) is 0 Å². The van der Waals surface area contributed by atoms with E-state index in [1.165, 1.54) is 17.0 Å². The van der Waals surface area contributed by atoms with E-state index in [1.807, 2.05) is 6.07 Å². The van der Waals surface area contributed by atoms with E-state index in [9.17, 15) is 18.4 Å². The van der Waals surface area contributed by atoms with Crippen LogP contribution in [0.25, 0.3) is 0 Å². The van der Waals surface area contributed by atoms with Crippen LogP contribution < -0.4 is 10.2 Å². The van der Waals surface area contributed by atoms with Crippen molar-refractivity contribution >= 4 is 72.1 Å². The number of rotatable bonds is 5. The van der Waals surface area contributed by atoms with E-state index in [0.717, 1.165) is 3.57 Å². The van der Waals surface area contributed by atoms with Crippen LogP contribution in [0, 0.1) is 15.2 Å². The first-order chi connectivity index (χ1) is 13.5. The van der Waals surface area contributed by atoms with E-state index in [2.05, 4.69) is 59.8 Å². The third kappa shape index (κ3) is 12.8. The summed E-state index contributed by atoms with van der Waals surface area (Å²) in [6, 6.07) is 9.49. The van der Waals surface area contributed by atoms with Crippen molar-refractivity contribution in [2.45, 2.75) is 0 Å². The maximum absolute atomic E-state index is 13.1. The van der Waals surface area contributed by atoms with Gasteiger partial charge in [-0.25, -0.2) is 8.78 Å². The second kappa shape index (κ2) is 14.6. The number of benzene rings is 2. The topological polar surface area (TPSA) is 89.9 Å². The van der Waals surface area contributed by atoms with Crippen LogP contribution in [0.5, 0.6) is 0 Å². The number of carbonyl (C=O) groups is 2. The summed E-state index contributed by atoms with van der Waals surface area (Å²) in [6.45, 7) is -0.110. The first-order valence-electron chi connectivity index (χ1n) is 7.82. The van der Waals surface area contributed by atoms with Crippen LogP contribution in [0.2, 0.25) is 0 Å². The molecular formula is C18H19Br2F2IN2O4. The molecule has 0 amide bonds. The summed E-state index contributed by atoms with van der Waals surface area (Å²) in [5.41, 5.74) is 0.535. The minimum absolute atomic E-state index is 0.0417. The number of carboxylic acid groups (broad SMARTS) is 2. The molecule has 0 aromatic heterocycles. The summed E-state index contributed by atoms with van der Waals surface area (Å²) in [7, 11) is 3.19. The fourth-order valence-corrected chi connectivity index (χ4v) is 2.58. The fourth-order valence-electron chi connectivity index (χ4n) is 1.64. The Bertz CT molecular complexity index is 828. The summed E-state index contributed by atoms with van der Waals surface area (Å²) in [5, 5.41) is 18.8. The minimum atomic E-state index is -0.948. The molecule has 2 rings (SSSR count). The Morgan fingerprint density at radius 1 is 1.03 bits per heavy atom. The molecule has 2 aromatic rings. The van der Waals surface area contributed by atoms with Crippen LogP contribution in [0.1, 0.15) is 0 Å². The smallest absolute Gasteiger partial charge is 0.323 e. The number of hydrogen-bond donors (Lipinski definition) is 3. The molecule has 11 heteroatoms. The van der Waals surface area contributed by atoms with E-state index in [-0.39, 0.29) is 18.9 Å². The molecule has 0 saturated carbocycles. The van der Waals surface area contributed by atoms with Crippen LogP contribution in [-0.2, 0) is 9.59 Å². The minimum Gasteiger partial charge on any atom is -0.480 e. The first kappa shape index (κ1) is 27.7. The van der Waals surface area contributed by atoms with E-state index in [1.54, 1.807) is 32.3 Å². The molecule has 0 heterocycles. The number of aliphatic carboxylic acids is 2. The molecule has 0 spiro atoms. The Morgan fingerprint density at radius 3 is 1.90 bits per heavy atom. The molecule has 0 aliphatic rings. The van der Waals surface area contributed by atoms with Gasteiger partial charge in [-0.1, -0.05) is 0 Å². The highest BCUT2D eigenvalue weighted by atomic mass is 127. The zero-order valence-electron chi connectivity index (χ0n) is 15.4. The highest BCUT2D eigenvalue weighted by Gasteiger charge is 2.07. The summed E-state index contributed by atoms with van der Waals surface area (Å²) >= 11 is 8.13. The maximum Gasteiger partial charge on any atom is 0.323 e. The van der Waals surface area contributed by atoms with Crippen molar-refractivity contribution in [3.63, 3.8) is 0 Å². The van der Waals surface area contributed by atoms with E-state index in [0.29, 0.717) is 14.6 Å². The van der Waals surface area contributed by atoms with Gasteiger partial charge in [0.25, 0.3) is 0 Å². The lowest BCUT2D eigenvalue weighted by Crippen LogP contribution is -2.25. The van der Waals surface area contributed by atoms with Gasteiger partial charge in [0.15, 0.2) is 0 Å². The van der Waals surface area contributed by atoms with Gasteiger partial charge in [0, 0.05) is 16.3 Å². The SMILES string of the molecule is CN(CC(=O)O)c1ccc(Br)c(F)c1.CNCC(=O)O.Fc1cc(I)ccc1Br. The molecule has 6 nitrogen and oxygen atoms in total. The highest BCUT2D eigenvalue weighted by Crippen LogP contribution is 2.21. The molecule has 3 N–H and O–H groups in total. The molecule has 29 heavy (non-hydrogen) atoms. The molecule has 2 aromatic carbocycles. The van der Waals surface area contributed by atoms with E-state index < -0.39 is 17.8 Å². The van der Waals surface area contributed by atoms with Gasteiger partial charge in [0.2, 0.25) is 0 Å². The summed E-state index contributed by atoms with van der Waals surface area (Å²) < 4.78 is 27.4. The maximum atomic E-state index is 13.1. The summed E-state index contributed by atoms with van der Waals surface area (Å²) in [4.78, 5) is 21.4. The molecule has 0 bridgehead atoms. The van der Waals surface area contributed by atoms with Crippen molar-refractivity contribution in [1.82, 2.24) is 5.32 Å². The monoisotopic (exact) mass is 650 g/mol. The fraction of sp³-hybridized carbons (Fsp3) is 0.222. The largest absolute Gasteiger partial charge is 0.480 e. The Kier molecular flexibility index (Phi) is 14.0. The first-order valence-corrected chi connectivity index (χ1v) is 10.5. The average Bonchev–Trinajstić information content (AvgIpc) is 2.61. The average molecular weight is 652 g/mol. The van der Waals surface area contributed by atoms with Crippen molar-refractivity contribution in [3.8, 4) is 0 Å². The lowest BCUT2D eigenvalue weighted by molar-refractivity contribution is -0.136. The number of likely N-dealkylation sites (N-methyl/N-ethyl adjacent to an activating group) is 2. The van der Waals surface area contributed by atoms with Crippen molar-refractivity contribution in [2.24, 2.45) is 0 Å². The third-order valence-corrected chi connectivity index (χ3v) is 4.88. The molecule has 0 unspecified atom stereocenters. The van der Waals surface area contributed by atoms with Crippen molar-refractivity contribution in [3.05, 3.63) is 60.5 Å². The quantitative estimate of drug-likeness (QED) is 0.324. The van der Waals surface area contributed by atoms with Gasteiger partial charge in [-0.2, -0.15) is 0 Å². The van der Waals surface area contributed by atoms with Gasteiger partial charge < -0.3 is 20.4 Å². The molecule has 0 radical (unpaired) electrons. The molecule has 0 saturated heterocycles. The number of nitrogens with one attached hydrogen (secondary N) is 1. The van der Waals surface area contributed by atoms with Gasteiger partial charge in [0.05, 0.1) is 15.5 Å². The number of hydrogen-bond acceptors (Lipinski definition) is 4. The van der Waals surface area contributed by atoms with Gasteiger partial charge in [-0.3, -0.25) is 9.59 Å². The standard InChI is InChI=1S/C9H9BrFNO2.C6H3BrFI.C3H7NO2/c1-12(5-9(13)14)6-2-3-7(10)8(11)4-6;7-5-2-1-4(9)3-6(5)8;1-4-2-3(5)6/h2-4H,5H2,1H3,(H,13,14);1-3H;4H,2H2,1H3,(H,5,6). The lowest BCUT2D eigenvalue weighted by atomic mass is 10.3. The van der Waals surface area contributed by atoms with Crippen molar-refractivity contribution < 1.29 is 28.6 Å². The number of nitrogens with zero attached hydrogens (tertiary/aromatic N) is 1. The summed E-state index contributed by atoms with van der Waals surface area (Å²) in [6.07, 6.45) is 0. The second-order valence-electron chi connectivity index (χ2n) is 5.33. The highest BCUT2D eigenvalue weighted by molar-refractivity contribution is 14.1. The van der Waals surface area contributed by atoms with Crippen LogP contribution >= 0.6 is 54.5 Å². The van der Waals surface area contributed by atoms with E-state index >= 15 is 0 Å². The summed E-state index contributed by atoms with van der Waals surface area (Å²) in [5.74, 6) is -2.38. The number of halogens is 5. The number of anilines is 1. The Labute approximate surface area is 197 Å². The Morgan fingerprint density at radius 2 is 1.55 bits per heavy atom. The van der Waals surface area contributed by atoms with E-state index in [4.69, 9.17) is 10.2 Å². The lowest BCUT2D eigenvalue weighted by Gasteiger charge is -2.16. The Balaban J connectivity index is 0.000000448. The molecule has 0 aliphatic heterocycles. The number of carboxylic acids is 2. The molecule has 0 atom stereocenters. The molecule has 160 valence electrons.